The summed E-state index contributed by atoms with van der Waals surface area (Å²) in [4.78, 5) is 23.5. The van der Waals surface area contributed by atoms with Gasteiger partial charge in [-0.05, 0) is 57.0 Å². The highest BCUT2D eigenvalue weighted by atomic mass is 19.2. The van der Waals surface area contributed by atoms with E-state index >= 15 is 0 Å². The van der Waals surface area contributed by atoms with Gasteiger partial charge in [-0.2, -0.15) is 5.10 Å². The van der Waals surface area contributed by atoms with Crippen LogP contribution in [0.5, 0.6) is 5.75 Å². The summed E-state index contributed by atoms with van der Waals surface area (Å²) in [5.41, 5.74) is 0.990. The largest absolute Gasteiger partial charge is 0.493 e. The number of likely N-dealkylation sites (tertiary alicyclic amines) is 1. The fraction of sp³-hybridized carbons (Fsp3) is 0.333. The number of amides is 1. The monoisotopic (exact) mass is 521 g/mol. The smallest absolute Gasteiger partial charge is 0.230 e. The van der Waals surface area contributed by atoms with E-state index in [2.05, 4.69) is 42.6 Å². The van der Waals surface area contributed by atoms with Gasteiger partial charge >= 0.3 is 0 Å². The van der Waals surface area contributed by atoms with Gasteiger partial charge in [-0.1, -0.05) is 6.07 Å². The molecule has 2 aromatic heterocycles. The van der Waals surface area contributed by atoms with E-state index in [-0.39, 0.29) is 12.1 Å². The van der Waals surface area contributed by atoms with Crippen molar-refractivity contribution in [3.63, 3.8) is 0 Å². The van der Waals surface area contributed by atoms with E-state index in [4.69, 9.17) is 4.74 Å². The maximum atomic E-state index is 13.8. The van der Waals surface area contributed by atoms with Crippen LogP contribution in [-0.2, 0) is 11.2 Å². The summed E-state index contributed by atoms with van der Waals surface area (Å²) >= 11 is 0. The van der Waals surface area contributed by atoms with E-state index in [1.807, 2.05) is 18.2 Å². The van der Waals surface area contributed by atoms with Crippen LogP contribution in [0.1, 0.15) is 31.9 Å². The number of ether oxygens (including phenoxy) is 1. The van der Waals surface area contributed by atoms with Crippen molar-refractivity contribution >= 4 is 34.1 Å². The molecule has 0 aliphatic carbocycles. The van der Waals surface area contributed by atoms with E-state index in [0.29, 0.717) is 30.0 Å². The van der Waals surface area contributed by atoms with Crippen molar-refractivity contribution in [2.75, 3.05) is 30.3 Å². The highest BCUT2D eigenvalue weighted by Crippen LogP contribution is 2.26. The van der Waals surface area contributed by atoms with Crippen molar-refractivity contribution in [1.82, 2.24) is 25.1 Å². The molecule has 11 heteroatoms. The molecule has 3 heterocycles. The lowest BCUT2D eigenvalue weighted by molar-refractivity contribution is -0.115. The number of halogens is 2. The molecular formula is C27H29F2N7O2. The first-order valence-electron chi connectivity index (χ1n) is 12.6. The van der Waals surface area contributed by atoms with Crippen LogP contribution in [0.25, 0.3) is 10.9 Å². The average Bonchev–Trinajstić information content (AvgIpc) is 3.52. The Kier molecular flexibility index (Phi) is 7.73. The Balaban J connectivity index is 1.17. The summed E-state index contributed by atoms with van der Waals surface area (Å²) in [7, 11) is 0. The molecule has 1 aliphatic heterocycles. The van der Waals surface area contributed by atoms with Gasteiger partial charge in [-0.15, -0.1) is 0 Å². The molecule has 2 aromatic carbocycles. The second-order valence-corrected chi connectivity index (χ2v) is 9.36. The van der Waals surface area contributed by atoms with Gasteiger partial charge in [-0.25, -0.2) is 18.7 Å². The van der Waals surface area contributed by atoms with Crippen LogP contribution in [0.4, 0.5) is 26.1 Å². The fourth-order valence-corrected chi connectivity index (χ4v) is 4.61. The minimum absolute atomic E-state index is 0.105. The number of benzene rings is 2. The van der Waals surface area contributed by atoms with Gasteiger partial charge in [0.1, 0.15) is 17.9 Å². The number of nitrogens with one attached hydrogen (secondary N) is 3. The molecule has 1 fully saturated rings. The zero-order chi connectivity index (χ0) is 26.5. The van der Waals surface area contributed by atoms with Gasteiger partial charge in [0.05, 0.1) is 24.2 Å². The van der Waals surface area contributed by atoms with Crippen LogP contribution in [-0.4, -0.2) is 56.7 Å². The molecule has 38 heavy (non-hydrogen) atoms. The minimum atomic E-state index is -1.10. The number of aromatic amines is 1. The number of carbonyl (C=O) groups excluding carboxylic acids is 1. The first-order chi connectivity index (χ1) is 18.5. The lowest BCUT2D eigenvalue weighted by atomic mass is 10.2. The molecule has 1 aliphatic rings. The molecule has 3 N–H and O–H groups in total. The van der Waals surface area contributed by atoms with E-state index in [9.17, 15) is 13.6 Å². The molecule has 0 radical (unpaired) electrons. The number of aromatic nitrogens is 4. The molecular weight excluding hydrogens is 492 g/mol. The third-order valence-corrected chi connectivity index (χ3v) is 6.61. The highest BCUT2D eigenvalue weighted by molar-refractivity contribution is 5.93. The Morgan fingerprint density at radius 1 is 1.21 bits per heavy atom. The van der Waals surface area contributed by atoms with E-state index in [0.717, 1.165) is 35.7 Å². The molecule has 1 atom stereocenters. The Morgan fingerprint density at radius 3 is 2.95 bits per heavy atom. The summed E-state index contributed by atoms with van der Waals surface area (Å²) in [6.07, 6.45) is 4.86. The summed E-state index contributed by atoms with van der Waals surface area (Å²) < 4.78 is 33.1. The van der Waals surface area contributed by atoms with Gasteiger partial charge in [0.2, 0.25) is 5.91 Å². The van der Waals surface area contributed by atoms with Crippen LogP contribution in [0.15, 0.2) is 48.8 Å². The number of rotatable bonds is 10. The summed E-state index contributed by atoms with van der Waals surface area (Å²) in [5.74, 6) is -0.901. The summed E-state index contributed by atoms with van der Waals surface area (Å²) in [5, 5.41) is 13.2. The van der Waals surface area contributed by atoms with Gasteiger partial charge in [-0.3, -0.25) is 9.89 Å². The van der Waals surface area contributed by atoms with Crippen LogP contribution >= 0.6 is 0 Å². The topological polar surface area (TPSA) is 108 Å². The Hall–Kier alpha value is -4.12. The van der Waals surface area contributed by atoms with Crippen LogP contribution < -0.4 is 15.4 Å². The van der Waals surface area contributed by atoms with Crippen molar-refractivity contribution in [2.45, 2.75) is 38.6 Å². The predicted octanol–water partition coefficient (Wildman–Crippen LogP) is 4.81. The van der Waals surface area contributed by atoms with Crippen molar-refractivity contribution in [2.24, 2.45) is 0 Å². The normalized spacial score (nSPS) is 15.6. The zero-order valence-electron chi connectivity index (χ0n) is 21.0. The van der Waals surface area contributed by atoms with E-state index < -0.39 is 17.5 Å². The van der Waals surface area contributed by atoms with Gasteiger partial charge in [0, 0.05) is 35.8 Å². The maximum Gasteiger partial charge on any atom is 0.230 e. The summed E-state index contributed by atoms with van der Waals surface area (Å²) in [6.45, 7) is 5.13. The highest BCUT2D eigenvalue weighted by Gasteiger charge is 2.19. The van der Waals surface area contributed by atoms with Crippen LogP contribution in [0.2, 0.25) is 0 Å². The lowest BCUT2D eigenvalue weighted by Gasteiger charge is -2.20. The van der Waals surface area contributed by atoms with Crippen molar-refractivity contribution in [3.05, 3.63) is 66.1 Å². The van der Waals surface area contributed by atoms with E-state index in [1.54, 1.807) is 6.07 Å². The van der Waals surface area contributed by atoms with Crippen LogP contribution in [0, 0.1) is 11.6 Å². The molecule has 0 spiro atoms. The Bertz CT molecular complexity index is 1430. The van der Waals surface area contributed by atoms with Gasteiger partial charge < -0.3 is 20.3 Å². The molecule has 0 bridgehead atoms. The Morgan fingerprint density at radius 2 is 2.11 bits per heavy atom. The number of hydrogen-bond donors (Lipinski definition) is 3. The fourth-order valence-electron chi connectivity index (χ4n) is 4.61. The number of carbonyl (C=O) groups is 1. The lowest BCUT2D eigenvalue weighted by Crippen LogP contribution is -2.28. The van der Waals surface area contributed by atoms with Gasteiger partial charge in [0.15, 0.2) is 17.5 Å². The van der Waals surface area contributed by atoms with E-state index in [1.165, 1.54) is 37.8 Å². The molecule has 1 amide bonds. The quantitative estimate of drug-likeness (QED) is 0.257. The maximum absolute atomic E-state index is 13.8. The predicted molar refractivity (Wildman–Crippen MR) is 140 cm³/mol. The van der Waals surface area contributed by atoms with Crippen molar-refractivity contribution < 1.29 is 18.3 Å². The molecule has 5 rings (SSSR count). The zero-order valence-corrected chi connectivity index (χ0v) is 21.0. The molecule has 1 saturated heterocycles. The van der Waals surface area contributed by atoms with Crippen LogP contribution in [0.3, 0.4) is 0 Å². The summed E-state index contributed by atoms with van der Waals surface area (Å²) in [6, 6.07) is 11.6. The second kappa shape index (κ2) is 11.5. The third-order valence-electron chi connectivity index (χ3n) is 6.61. The molecule has 0 saturated carbocycles. The third kappa shape index (κ3) is 6.05. The first kappa shape index (κ1) is 25.5. The Labute approximate surface area is 218 Å². The molecule has 9 nitrogen and oxygen atoms in total. The first-order valence-corrected chi connectivity index (χ1v) is 12.6. The van der Waals surface area contributed by atoms with Gasteiger partial charge in [0.25, 0.3) is 0 Å². The minimum Gasteiger partial charge on any atom is -0.493 e. The molecule has 0 unspecified atom stereocenters. The van der Waals surface area contributed by atoms with Crippen molar-refractivity contribution in [1.29, 1.82) is 0 Å². The second-order valence-electron chi connectivity index (χ2n) is 9.36. The number of hydrogen-bond acceptors (Lipinski definition) is 7. The average molecular weight is 522 g/mol. The number of nitrogens with zero attached hydrogens (tertiary/aromatic N) is 4. The number of anilines is 3. The molecule has 198 valence electrons. The SMILES string of the molecule is C[C@@H]1CCCN1CCCOc1ccc2c(Nc3cc(CC(=O)Nc4cccc(F)c4F)[nH]n3)ncnc2c1. The van der Waals surface area contributed by atoms with Crippen molar-refractivity contribution in [3.8, 4) is 5.75 Å². The number of H-pyrrole nitrogens is 1. The number of fused-ring (bicyclic) bond motifs is 1. The molecule has 4 aromatic rings. The standard InChI is InChI=1S/C27H29F2N7O2/c1-17-5-3-10-36(17)11-4-12-38-19-8-9-20-23(15-19)30-16-31-27(20)33-24-13-18(34-35-24)14-25(37)32-22-7-2-6-21(28)26(22)29/h2,6-9,13,15-17H,3-5,10-12,14H2,1H3,(H,32,37)(H2,30,31,33,34,35)/t17-/m1/s1.